The highest BCUT2D eigenvalue weighted by atomic mass is 19.4. The van der Waals surface area contributed by atoms with E-state index in [4.69, 9.17) is 9.84 Å². The smallest absolute Gasteiger partial charge is 0.422 e. The van der Waals surface area contributed by atoms with Crippen molar-refractivity contribution in [3.8, 4) is 11.1 Å². The first-order valence-electron chi connectivity index (χ1n) is 10.2. The monoisotopic (exact) mass is 464 g/mol. The second-order valence-corrected chi connectivity index (χ2v) is 8.05. The predicted octanol–water partition coefficient (Wildman–Crippen LogP) is 3.83. The molecule has 7 nitrogen and oxygen atoms in total. The molecule has 3 rings (SSSR count). The summed E-state index contributed by atoms with van der Waals surface area (Å²) in [4.78, 5) is 35.2. The van der Waals surface area contributed by atoms with Gasteiger partial charge in [0.1, 0.15) is 6.61 Å². The van der Waals surface area contributed by atoms with Gasteiger partial charge in [-0.25, -0.2) is 9.59 Å². The first-order chi connectivity index (χ1) is 15.4. The van der Waals surface area contributed by atoms with Crippen LogP contribution in [-0.4, -0.2) is 47.4 Å². The van der Waals surface area contributed by atoms with Crippen molar-refractivity contribution in [2.24, 2.45) is 0 Å². The maximum atomic E-state index is 13.0. The molecule has 0 aromatic heterocycles. The van der Waals surface area contributed by atoms with Crippen LogP contribution >= 0.6 is 0 Å². The van der Waals surface area contributed by atoms with Gasteiger partial charge in [0.15, 0.2) is 0 Å². The standard InChI is InChI=1S/C23H23F3N2O5/c1-13(11-19(29)28-22(2,20(30)31)23(24,25)26)27-21(32)33-12-18-16-9-5-3-7-14(16)15-8-4-6-10-17(15)18/h3-10,13,18H,11-12H2,1-2H3,(H,27,32)(H,28,29)(H,30,31)/t13-,22?/m0/s1. The van der Waals surface area contributed by atoms with Gasteiger partial charge in [0.2, 0.25) is 11.4 Å². The molecule has 176 valence electrons. The molecule has 1 aliphatic rings. The van der Waals surface area contributed by atoms with E-state index < -0.39 is 42.1 Å². The van der Waals surface area contributed by atoms with Gasteiger partial charge in [-0.2, -0.15) is 13.2 Å². The molecule has 2 aromatic carbocycles. The Labute approximate surface area is 187 Å². The van der Waals surface area contributed by atoms with E-state index in [-0.39, 0.29) is 12.5 Å². The highest BCUT2D eigenvalue weighted by Gasteiger charge is 2.58. The topological polar surface area (TPSA) is 105 Å². The minimum Gasteiger partial charge on any atom is -0.479 e. The number of ether oxygens (including phenoxy) is 1. The quantitative estimate of drug-likeness (QED) is 0.578. The zero-order chi connectivity index (χ0) is 24.4. The van der Waals surface area contributed by atoms with E-state index in [2.05, 4.69) is 5.32 Å². The number of rotatable bonds is 7. The summed E-state index contributed by atoms with van der Waals surface area (Å²) in [6.07, 6.45) is -6.60. The Hall–Kier alpha value is -3.56. The summed E-state index contributed by atoms with van der Waals surface area (Å²) in [6.45, 7) is 1.79. The zero-order valence-corrected chi connectivity index (χ0v) is 17.9. The molecule has 33 heavy (non-hydrogen) atoms. The lowest BCUT2D eigenvalue weighted by Crippen LogP contribution is -2.62. The molecule has 0 radical (unpaired) electrons. The number of carboxylic acids is 1. The average molecular weight is 464 g/mol. The number of alkyl carbamates (subject to hydrolysis) is 1. The summed E-state index contributed by atoms with van der Waals surface area (Å²) < 4.78 is 44.4. The predicted molar refractivity (Wildman–Crippen MR) is 113 cm³/mol. The normalized spacial score (nSPS) is 15.5. The van der Waals surface area contributed by atoms with Gasteiger partial charge in [0.25, 0.3) is 0 Å². The van der Waals surface area contributed by atoms with Crippen LogP contribution in [0.2, 0.25) is 0 Å². The molecule has 0 saturated carbocycles. The van der Waals surface area contributed by atoms with Gasteiger partial charge >= 0.3 is 18.2 Å². The molecule has 2 atom stereocenters. The van der Waals surface area contributed by atoms with E-state index in [1.54, 1.807) is 0 Å². The Balaban J connectivity index is 1.56. The number of fused-ring (bicyclic) bond motifs is 3. The van der Waals surface area contributed by atoms with Crippen molar-refractivity contribution in [2.75, 3.05) is 6.61 Å². The third-order valence-corrected chi connectivity index (χ3v) is 5.58. The number of carbonyl (C=O) groups is 3. The van der Waals surface area contributed by atoms with E-state index in [0.29, 0.717) is 6.92 Å². The second kappa shape index (κ2) is 9.13. The highest BCUT2D eigenvalue weighted by Crippen LogP contribution is 2.44. The lowest BCUT2D eigenvalue weighted by Gasteiger charge is -2.29. The number of hydrogen-bond acceptors (Lipinski definition) is 4. The molecule has 0 spiro atoms. The molecule has 2 amide bonds. The molecule has 10 heteroatoms. The summed E-state index contributed by atoms with van der Waals surface area (Å²) in [6, 6.07) is 14.6. The molecule has 0 heterocycles. The number of amides is 2. The molecule has 0 saturated heterocycles. The number of halogens is 3. The van der Waals surface area contributed by atoms with Crippen molar-refractivity contribution in [3.05, 3.63) is 59.7 Å². The van der Waals surface area contributed by atoms with E-state index in [0.717, 1.165) is 22.3 Å². The maximum absolute atomic E-state index is 13.0. The number of alkyl halides is 3. The fraction of sp³-hybridized carbons (Fsp3) is 0.348. The molecule has 0 bridgehead atoms. The lowest BCUT2D eigenvalue weighted by molar-refractivity contribution is -0.207. The molecule has 0 fully saturated rings. The highest BCUT2D eigenvalue weighted by molar-refractivity contribution is 5.88. The van der Waals surface area contributed by atoms with Crippen LogP contribution in [-0.2, 0) is 14.3 Å². The Morgan fingerprint density at radius 1 is 1.03 bits per heavy atom. The molecular weight excluding hydrogens is 441 g/mol. The van der Waals surface area contributed by atoms with Gasteiger partial charge in [-0.05, 0) is 36.1 Å². The van der Waals surface area contributed by atoms with Crippen molar-refractivity contribution in [3.63, 3.8) is 0 Å². The first-order valence-corrected chi connectivity index (χ1v) is 10.2. The van der Waals surface area contributed by atoms with Crippen molar-refractivity contribution in [1.29, 1.82) is 0 Å². The van der Waals surface area contributed by atoms with Gasteiger partial charge in [0.05, 0.1) is 0 Å². The van der Waals surface area contributed by atoms with E-state index in [9.17, 15) is 27.6 Å². The van der Waals surface area contributed by atoms with E-state index >= 15 is 0 Å². The number of benzene rings is 2. The Morgan fingerprint density at radius 3 is 2.03 bits per heavy atom. The van der Waals surface area contributed by atoms with E-state index in [1.165, 1.54) is 12.2 Å². The van der Waals surface area contributed by atoms with Crippen LogP contribution in [0.5, 0.6) is 0 Å². The van der Waals surface area contributed by atoms with Crippen molar-refractivity contribution in [1.82, 2.24) is 10.6 Å². The fourth-order valence-corrected chi connectivity index (χ4v) is 3.75. The third kappa shape index (κ3) is 4.94. The molecule has 0 aliphatic heterocycles. The lowest BCUT2D eigenvalue weighted by atomic mass is 9.98. The van der Waals surface area contributed by atoms with Crippen molar-refractivity contribution >= 4 is 18.0 Å². The molecular formula is C23H23F3N2O5. The minimum atomic E-state index is -5.20. The van der Waals surface area contributed by atoms with Crippen LogP contribution in [0.1, 0.15) is 37.3 Å². The SMILES string of the molecule is C[C@@H](CC(=O)NC(C)(C(=O)O)C(F)(F)F)NC(=O)OCC1c2ccccc2-c2ccccc21. The van der Waals surface area contributed by atoms with Crippen molar-refractivity contribution in [2.45, 2.75) is 43.9 Å². The molecule has 1 unspecified atom stereocenters. The van der Waals surface area contributed by atoms with Crippen LogP contribution in [0.4, 0.5) is 18.0 Å². The van der Waals surface area contributed by atoms with Crippen LogP contribution in [0.15, 0.2) is 48.5 Å². The Kier molecular flexibility index (Phi) is 6.66. The van der Waals surface area contributed by atoms with E-state index in [1.807, 2.05) is 48.5 Å². The number of carboxylic acid groups (broad SMARTS) is 1. The van der Waals surface area contributed by atoms with Gasteiger partial charge in [0, 0.05) is 18.4 Å². The third-order valence-electron chi connectivity index (χ3n) is 5.58. The number of carbonyl (C=O) groups excluding carboxylic acids is 2. The summed E-state index contributed by atoms with van der Waals surface area (Å²) in [5.74, 6) is -3.59. The second-order valence-electron chi connectivity index (χ2n) is 8.05. The van der Waals surface area contributed by atoms with Crippen LogP contribution in [0.25, 0.3) is 11.1 Å². The van der Waals surface area contributed by atoms with Crippen LogP contribution in [0.3, 0.4) is 0 Å². The zero-order valence-electron chi connectivity index (χ0n) is 17.9. The summed E-state index contributed by atoms with van der Waals surface area (Å²) in [7, 11) is 0. The Morgan fingerprint density at radius 2 is 1.55 bits per heavy atom. The summed E-state index contributed by atoms with van der Waals surface area (Å²) in [5.41, 5.74) is 0.697. The van der Waals surface area contributed by atoms with Gasteiger partial charge < -0.3 is 20.5 Å². The number of hydrogen-bond donors (Lipinski definition) is 3. The molecule has 2 aromatic rings. The fourth-order valence-electron chi connectivity index (χ4n) is 3.75. The number of aliphatic carboxylic acids is 1. The number of nitrogens with one attached hydrogen (secondary N) is 2. The Bertz CT molecular complexity index is 1030. The molecule has 3 N–H and O–H groups in total. The summed E-state index contributed by atoms with van der Waals surface area (Å²) >= 11 is 0. The van der Waals surface area contributed by atoms with Crippen LogP contribution < -0.4 is 10.6 Å². The van der Waals surface area contributed by atoms with Crippen molar-refractivity contribution < 1.29 is 37.4 Å². The minimum absolute atomic E-state index is 0.0317. The summed E-state index contributed by atoms with van der Waals surface area (Å²) in [5, 5.41) is 12.8. The van der Waals surface area contributed by atoms with Gasteiger partial charge in [-0.3, -0.25) is 4.79 Å². The largest absolute Gasteiger partial charge is 0.479 e. The van der Waals surface area contributed by atoms with Gasteiger partial charge in [-0.15, -0.1) is 0 Å². The van der Waals surface area contributed by atoms with Crippen LogP contribution in [0, 0.1) is 0 Å². The average Bonchev–Trinajstić information content (AvgIpc) is 3.04. The van der Waals surface area contributed by atoms with Gasteiger partial charge in [-0.1, -0.05) is 48.5 Å². The molecule has 1 aliphatic carbocycles. The maximum Gasteiger partial charge on any atom is 0.422 e. The first kappa shape index (κ1) is 24.1.